The molecule has 0 unspecified atom stereocenters. The summed E-state index contributed by atoms with van der Waals surface area (Å²) >= 11 is 1.86. The summed E-state index contributed by atoms with van der Waals surface area (Å²) < 4.78 is 2.60. The molecule has 0 aliphatic heterocycles. The van der Waals surface area contributed by atoms with Crippen LogP contribution in [0.2, 0.25) is 0 Å². The second-order valence-corrected chi connectivity index (χ2v) is 20.1. The van der Waals surface area contributed by atoms with Crippen molar-refractivity contribution in [2.75, 3.05) is 4.90 Å². The van der Waals surface area contributed by atoms with Crippen LogP contribution in [0.15, 0.2) is 261 Å². The van der Waals surface area contributed by atoms with E-state index in [2.05, 4.69) is 266 Å². The second-order valence-electron chi connectivity index (χ2n) is 19.0. The molecule has 15 rings (SSSR count). The summed E-state index contributed by atoms with van der Waals surface area (Å²) in [6.45, 7) is 0. The predicted octanol–water partition coefficient (Wildman–Crippen LogP) is 17.9. The minimum atomic E-state index is -0.528. The van der Waals surface area contributed by atoms with Crippen molar-refractivity contribution < 1.29 is 0 Å². The van der Waals surface area contributed by atoms with E-state index in [-0.39, 0.29) is 0 Å². The van der Waals surface area contributed by atoms with Crippen molar-refractivity contribution in [1.29, 1.82) is 0 Å². The molecule has 0 atom stereocenters. The van der Waals surface area contributed by atoms with Gasteiger partial charge in [0.15, 0.2) is 0 Å². The fourth-order valence-corrected chi connectivity index (χ4v) is 14.1. The number of benzene rings is 11. The highest BCUT2D eigenvalue weighted by Gasteiger charge is 2.58. The molecule has 0 amide bonds. The molecule has 0 bridgehead atoms. The molecule has 0 fully saturated rings. The minimum absolute atomic E-state index is 0.463. The van der Waals surface area contributed by atoms with Crippen molar-refractivity contribution in [2.45, 2.75) is 10.8 Å². The van der Waals surface area contributed by atoms with E-state index in [0.29, 0.717) is 0 Å². The van der Waals surface area contributed by atoms with Gasteiger partial charge in [0.1, 0.15) is 0 Å². The topological polar surface area (TPSA) is 3.24 Å². The number of anilines is 3. The lowest BCUT2D eigenvalue weighted by Crippen LogP contribution is -2.43. The van der Waals surface area contributed by atoms with E-state index in [1.807, 2.05) is 11.3 Å². The van der Waals surface area contributed by atoms with Crippen LogP contribution in [0.4, 0.5) is 17.1 Å². The highest BCUT2D eigenvalue weighted by Crippen LogP contribution is 2.67. The summed E-state index contributed by atoms with van der Waals surface area (Å²) in [5.41, 5.74) is 23.1. The minimum Gasteiger partial charge on any atom is -0.310 e. The molecule has 0 saturated carbocycles. The summed E-state index contributed by atoms with van der Waals surface area (Å²) in [4.78, 5) is 2.46. The zero-order chi connectivity index (χ0) is 46.0. The van der Waals surface area contributed by atoms with Crippen molar-refractivity contribution in [3.63, 3.8) is 0 Å². The van der Waals surface area contributed by atoms with Crippen molar-refractivity contribution in [3.05, 3.63) is 305 Å². The number of nitrogens with zero attached hydrogens (tertiary/aromatic N) is 1. The SMILES string of the molecule is c1ccc(-c2ccccc2N(c2cccc(-c3ccc4c(c3)-c3ccccc3C43c4ccccc4C4(c5ccccc5-c5ccccc54)c4ccccc43)c2)c2ccc3sc4ccccc4c3c2)cc1. The third-order valence-electron chi connectivity index (χ3n) is 15.8. The molecule has 1 nitrogen and oxygen atoms in total. The van der Waals surface area contributed by atoms with E-state index >= 15 is 0 Å². The number of thiophene rings is 1. The molecule has 326 valence electrons. The first kappa shape index (κ1) is 39.4. The summed E-state index contributed by atoms with van der Waals surface area (Å²) in [6, 6.07) is 98.1. The number of para-hydroxylation sites is 1. The third-order valence-corrected chi connectivity index (χ3v) is 16.9. The first-order valence-electron chi connectivity index (χ1n) is 24.3. The van der Waals surface area contributed by atoms with Crippen molar-refractivity contribution in [3.8, 4) is 44.5 Å². The Morgan fingerprint density at radius 1 is 0.257 bits per heavy atom. The third kappa shape index (κ3) is 5.26. The molecule has 0 saturated heterocycles. The molecular formula is C68H43NS. The van der Waals surface area contributed by atoms with Crippen LogP contribution in [0.5, 0.6) is 0 Å². The van der Waals surface area contributed by atoms with E-state index in [4.69, 9.17) is 0 Å². The molecular weight excluding hydrogens is 863 g/mol. The van der Waals surface area contributed by atoms with Crippen LogP contribution in [0.25, 0.3) is 64.7 Å². The Labute approximate surface area is 411 Å². The van der Waals surface area contributed by atoms with Crippen LogP contribution in [-0.4, -0.2) is 0 Å². The van der Waals surface area contributed by atoms with Gasteiger partial charge < -0.3 is 4.90 Å². The van der Waals surface area contributed by atoms with E-state index in [9.17, 15) is 0 Å². The average Bonchev–Trinajstić information content (AvgIpc) is 4.07. The van der Waals surface area contributed by atoms with Crippen LogP contribution in [0.1, 0.15) is 44.5 Å². The molecule has 11 aromatic carbocycles. The molecule has 70 heavy (non-hydrogen) atoms. The fourth-order valence-electron chi connectivity index (χ4n) is 13.1. The first-order chi connectivity index (χ1) is 34.7. The van der Waals surface area contributed by atoms with Crippen molar-refractivity contribution in [1.82, 2.24) is 0 Å². The average molecular weight is 906 g/mol. The van der Waals surface area contributed by atoms with Gasteiger partial charge in [-0.2, -0.15) is 0 Å². The van der Waals surface area contributed by atoms with Crippen LogP contribution >= 0.6 is 11.3 Å². The number of rotatable bonds is 5. The molecule has 3 aliphatic carbocycles. The maximum absolute atomic E-state index is 2.48. The van der Waals surface area contributed by atoms with Crippen LogP contribution < -0.4 is 4.90 Å². The van der Waals surface area contributed by atoms with Gasteiger partial charge in [-0.1, -0.05) is 212 Å². The predicted molar refractivity (Wildman–Crippen MR) is 293 cm³/mol. The fraction of sp³-hybridized carbons (Fsp3) is 0.0294. The highest BCUT2D eigenvalue weighted by atomic mass is 32.1. The summed E-state index contributed by atoms with van der Waals surface area (Å²) in [7, 11) is 0. The van der Waals surface area contributed by atoms with Gasteiger partial charge in [0.05, 0.1) is 16.5 Å². The Morgan fingerprint density at radius 2 is 0.714 bits per heavy atom. The maximum Gasteiger partial charge on any atom is 0.0720 e. The lowest BCUT2D eigenvalue weighted by molar-refractivity contribution is 0.633. The Morgan fingerprint density at radius 3 is 1.36 bits per heavy atom. The Hall–Kier alpha value is -8.56. The second kappa shape index (κ2) is 15.0. The van der Waals surface area contributed by atoms with E-state index < -0.39 is 10.8 Å². The zero-order valence-electron chi connectivity index (χ0n) is 38.2. The monoisotopic (exact) mass is 905 g/mol. The van der Waals surface area contributed by atoms with Crippen LogP contribution in [-0.2, 0) is 10.8 Å². The smallest absolute Gasteiger partial charge is 0.0720 e. The standard InChI is InChI=1S/C68H43NS/c1-2-19-44(20-3-1)49-23-7-16-35-64(49)69(48-38-40-66-55(43-48)53-27-8-17-36-65(53)70-66)47-22-18-21-45(41-47)46-37-39-59-54(42-46)52-26-6-11-30-58(52)68(59)62-33-14-12-31-60(62)67(61-32-13-15-34-63(61)68)56-28-9-4-24-50(56)51-25-5-10-29-57(51)67/h1-43H. The van der Waals surface area contributed by atoms with Gasteiger partial charge in [-0.05, 0) is 132 Å². The molecule has 2 spiro atoms. The Bertz CT molecular complexity index is 4000. The van der Waals surface area contributed by atoms with E-state index in [1.54, 1.807) is 0 Å². The largest absolute Gasteiger partial charge is 0.310 e. The molecule has 0 N–H and O–H groups in total. The number of hydrogen-bond donors (Lipinski definition) is 0. The van der Waals surface area contributed by atoms with E-state index in [0.717, 1.165) is 17.1 Å². The molecule has 2 heteroatoms. The lowest BCUT2D eigenvalue weighted by atomic mass is 9.52. The van der Waals surface area contributed by atoms with Gasteiger partial charge in [-0.15, -0.1) is 11.3 Å². The molecule has 1 heterocycles. The number of hydrogen-bond acceptors (Lipinski definition) is 2. The number of fused-ring (bicyclic) bond motifs is 19. The highest BCUT2D eigenvalue weighted by molar-refractivity contribution is 7.25. The van der Waals surface area contributed by atoms with Gasteiger partial charge in [-0.3, -0.25) is 0 Å². The summed E-state index contributed by atoms with van der Waals surface area (Å²) in [5.74, 6) is 0. The van der Waals surface area contributed by atoms with Gasteiger partial charge in [0.2, 0.25) is 0 Å². The quantitative estimate of drug-likeness (QED) is 0.166. The molecule has 0 radical (unpaired) electrons. The normalized spacial score (nSPS) is 13.9. The van der Waals surface area contributed by atoms with Crippen LogP contribution in [0.3, 0.4) is 0 Å². The van der Waals surface area contributed by atoms with Gasteiger partial charge in [0, 0.05) is 37.1 Å². The molecule has 1 aromatic heterocycles. The molecule has 12 aromatic rings. The summed E-state index contributed by atoms with van der Waals surface area (Å²) in [6.07, 6.45) is 0. The Balaban J connectivity index is 0.933. The molecule has 3 aliphatic rings. The summed E-state index contributed by atoms with van der Waals surface area (Å²) in [5, 5.41) is 2.57. The van der Waals surface area contributed by atoms with Gasteiger partial charge in [-0.25, -0.2) is 0 Å². The van der Waals surface area contributed by atoms with Gasteiger partial charge in [0.25, 0.3) is 0 Å². The zero-order valence-corrected chi connectivity index (χ0v) is 39.0. The van der Waals surface area contributed by atoms with Gasteiger partial charge >= 0.3 is 0 Å². The Kier molecular flexibility index (Phi) is 8.43. The lowest BCUT2D eigenvalue weighted by Gasteiger charge is -2.48. The van der Waals surface area contributed by atoms with Crippen molar-refractivity contribution >= 4 is 48.6 Å². The maximum atomic E-state index is 2.48. The van der Waals surface area contributed by atoms with Crippen LogP contribution in [0, 0.1) is 0 Å². The van der Waals surface area contributed by atoms with Crippen molar-refractivity contribution in [2.24, 2.45) is 0 Å². The van der Waals surface area contributed by atoms with E-state index in [1.165, 1.54) is 109 Å². The first-order valence-corrected chi connectivity index (χ1v) is 25.1.